The quantitative estimate of drug-likeness (QED) is 0.178. The molecule has 3 rings (SSSR count). The van der Waals surface area contributed by atoms with Crippen LogP contribution < -0.4 is 16.4 Å². The smallest absolute Gasteiger partial charge is 0.242 e. The molecule has 1 aromatic heterocycles. The summed E-state index contributed by atoms with van der Waals surface area (Å²) in [6, 6.07) is 8.97. The first-order valence-corrected chi connectivity index (χ1v) is 20.0. The minimum Gasteiger partial charge on any atom is -0.379 e. The van der Waals surface area contributed by atoms with E-state index in [1.54, 1.807) is 46.2 Å². The second-order valence-corrected chi connectivity index (χ2v) is 15.5. The standard InChI is InChI=1S/C37H58N6O6S.C3H8/c1-9-26(10-2)32(42(6)31(45)23-40-36(47)37(4,5)38)29(48-7)22-30(44)43-19-14-17-28(43)33(49-8)24(3)34(46)41-27(35-39-18-20-50-35)21-25-15-12-11-13-16-25;1-3-2/h11-13,15-16,18,20,24,26-29,32-33H,9-10,14,17,19,21-23,38H2,1-8H3,(H,40,47)(H,41,46);3H2,1-2H3. The molecule has 1 saturated heterocycles. The summed E-state index contributed by atoms with van der Waals surface area (Å²) in [7, 11) is 4.84. The molecule has 4 amide bonds. The van der Waals surface area contributed by atoms with Gasteiger partial charge in [0.2, 0.25) is 23.6 Å². The van der Waals surface area contributed by atoms with E-state index in [4.69, 9.17) is 15.2 Å². The van der Waals surface area contributed by atoms with Gasteiger partial charge in [0, 0.05) is 39.4 Å². The summed E-state index contributed by atoms with van der Waals surface area (Å²) < 4.78 is 11.9. The van der Waals surface area contributed by atoms with Gasteiger partial charge in [0.1, 0.15) is 5.01 Å². The summed E-state index contributed by atoms with van der Waals surface area (Å²) in [4.78, 5) is 61.5. The van der Waals surface area contributed by atoms with Gasteiger partial charge in [-0.25, -0.2) is 4.98 Å². The van der Waals surface area contributed by atoms with Crippen molar-refractivity contribution in [2.24, 2.45) is 17.6 Å². The molecule has 2 aromatic rings. The van der Waals surface area contributed by atoms with E-state index in [0.717, 1.165) is 29.8 Å². The number of thiazole rings is 1. The summed E-state index contributed by atoms with van der Waals surface area (Å²) in [5.41, 5.74) is 5.86. The van der Waals surface area contributed by atoms with Gasteiger partial charge in [0.25, 0.3) is 0 Å². The van der Waals surface area contributed by atoms with Crippen LogP contribution in [-0.2, 0) is 35.1 Å². The number of carbonyl (C=O) groups excluding carboxylic acids is 4. The number of likely N-dealkylation sites (tertiary alicyclic amines) is 1. The summed E-state index contributed by atoms with van der Waals surface area (Å²) >= 11 is 1.50. The van der Waals surface area contributed by atoms with E-state index < -0.39 is 35.6 Å². The zero-order chi connectivity index (χ0) is 39.7. The van der Waals surface area contributed by atoms with E-state index in [9.17, 15) is 19.2 Å². The maximum Gasteiger partial charge on any atom is 0.242 e. The van der Waals surface area contributed by atoms with Crippen molar-refractivity contribution in [3.05, 3.63) is 52.5 Å². The maximum atomic E-state index is 14.1. The largest absolute Gasteiger partial charge is 0.379 e. The molecule has 13 heteroatoms. The molecule has 1 aromatic carbocycles. The third kappa shape index (κ3) is 13.4. The number of ether oxygens (including phenoxy) is 2. The molecule has 6 atom stereocenters. The van der Waals surface area contributed by atoms with Crippen molar-refractivity contribution < 1.29 is 28.7 Å². The molecular formula is C40H66N6O6S. The second kappa shape index (κ2) is 22.7. The Balaban J connectivity index is 0.00000313. The van der Waals surface area contributed by atoms with Crippen molar-refractivity contribution in [1.29, 1.82) is 0 Å². The van der Waals surface area contributed by atoms with Crippen LogP contribution in [0.1, 0.15) is 104 Å². The lowest BCUT2D eigenvalue weighted by Gasteiger charge is -2.40. The number of nitrogens with two attached hydrogens (primary N) is 1. The summed E-state index contributed by atoms with van der Waals surface area (Å²) in [6.45, 7) is 13.7. The molecule has 4 N–H and O–H groups in total. The molecule has 53 heavy (non-hydrogen) atoms. The van der Waals surface area contributed by atoms with E-state index in [0.29, 0.717) is 19.4 Å². The predicted molar refractivity (Wildman–Crippen MR) is 211 cm³/mol. The zero-order valence-corrected chi connectivity index (χ0v) is 34.5. The van der Waals surface area contributed by atoms with Crippen molar-refractivity contribution >= 4 is 35.0 Å². The third-order valence-electron chi connectivity index (χ3n) is 9.94. The van der Waals surface area contributed by atoms with E-state index in [1.807, 2.05) is 47.5 Å². The van der Waals surface area contributed by atoms with Crippen LogP contribution in [0.15, 0.2) is 41.9 Å². The van der Waals surface area contributed by atoms with Crippen molar-refractivity contribution in [1.82, 2.24) is 25.4 Å². The second-order valence-electron chi connectivity index (χ2n) is 14.6. The molecule has 0 saturated carbocycles. The number of nitrogens with one attached hydrogen (secondary N) is 2. The lowest BCUT2D eigenvalue weighted by atomic mass is 9.87. The average molecular weight is 759 g/mol. The highest BCUT2D eigenvalue weighted by atomic mass is 32.1. The molecule has 0 spiro atoms. The topological polar surface area (TPSA) is 156 Å². The Morgan fingerprint density at radius 1 is 1.08 bits per heavy atom. The van der Waals surface area contributed by atoms with Crippen molar-refractivity contribution in [2.75, 3.05) is 34.4 Å². The van der Waals surface area contributed by atoms with Gasteiger partial charge in [-0.3, -0.25) is 19.2 Å². The van der Waals surface area contributed by atoms with Gasteiger partial charge in [-0.2, -0.15) is 0 Å². The van der Waals surface area contributed by atoms with Gasteiger partial charge in [-0.05, 0) is 44.6 Å². The fourth-order valence-corrected chi connectivity index (χ4v) is 7.68. The first-order valence-electron chi connectivity index (χ1n) is 19.1. The van der Waals surface area contributed by atoms with E-state index in [1.165, 1.54) is 17.8 Å². The number of hydrogen-bond donors (Lipinski definition) is 3. The Hall–Kier alpha value is -3.39. The highest BCUT2D eigenvalue weighted by molar-refractivity contribution is 7.09. The Morgan fingerprint density at radius 3 is 2.25 bits per heavy atom. The third-order valence-corrected chi connectivity index (χ3v) is 10.8. The number of carbonyl (C=O) groups is 4. The Labute approximate surface area is 321 Å². The number of methoxy groups -OCH3 is 2. The Kier molecular flexibility index (Phi) is 19.6. The normalized spacial score (nSPS) is 17.2. The Morgan fingerprint density at radius 2 is 1.72 bits per heavy atom. The van der Waals surface area contributed by atoms with Crippen LogP contribution >= 0.6 is 11.3 Å². The fourth-order valence-electron chi connectivity index (χ4n) is 7.00. The lowest BCUT2D eigenvalue weighted by molar-refractivity contribution is -0.146. The molecule has 0 bridgehead atoms. The van der Waals surface area contributed by atoms with Crippen molar-refractivity contribution in [3.8, 4) is 0 Å². The molecule has 1 fully saturated rings. The van der Waals surface area contributed by atoms with Crippen LogP contribution in [0.25, 0.3) is 0 Å². The number of nitrogens with zero attached hydrogens (tertiary/aromatic N) is 3. The van der Waals surface area contributed by atoms with Crippen molar-refractivity contribution in [2.45, 2.75) is 129 Å². The monoisotopic (exact) mass is 758 g/mol. The number of rotatable bonds is 19. The van der Waals surface area contributed by atoms with Gasteiger partial charge in [-0.1, -0.05) is 84.2 Å². The molecule has 0 aliphatic carbocycles. The van der Waals surface area contributed by atoms with Gasteiger partial charge in [0.05, 0.1) is 54.8 Å². The molecule has 298 valence electrons. The molecule has 0 radical (unpaired) electrons. The molecule has 6 unspecified atom stereocenters. The zero-order valence-electron chi connectivity index (χ0n) is 33.7. The Bertz CT molecular complexity index is 1380. The van der Waals surface area contributed by atoms with E-state index in [2.05, 4.69) is 43.3 Å². The number of benzene rings is 1. The minimum absolute atomic E-state index is 0.0498. The SMILES string of the molecule is CCC.CCC(CC)C(C(CC(=O)N1CCCC1C(OC)C(C)C(=O)NC(Cc1ccccc1)c1nccs1)OC)N(C)C(=O)CNC(=O)C(C)(C)N. The van der Waals surface area contributed by atoms with Gasteiger partial charge >= 0.3 is 0 Å². The van der Waals surface area contributed by atoms with Gasteiger partial charge in [-0.15, -0.1) is 11.3 Å². The predicted octanol–water partition coefficient (Wildman–Crippen LogP) is 5.12. The van der Waals surface area contributed by atoms with Crippen LogP contribution in [0, 0.1) is 11.8 Å². The van der Waals surface area contributed by atoms with Crippen LogP contribution in [0.3, 0.4) is 0 Å². The fraction of sp³-hybridized carbons (Fsp3) is 0.675. The molecule has 1 aliphatic heterocycles. The van der Waals surface area contributed by atoms with Gasteiger partial charge < -0.3 is 35.6 Å². The average Bonchev–Trinajstić information content (AvgIpc) is 3.85. The number of aromatic nitrogens is 1. The highest BCUT2D eigenvalue weighted by Crippen LogP contribution is 2.31. The summed E-state index contributed by atoms with van der Waals surface area (Å²) in [5, 5.41) is 8.57. The van der Waals surface area contributed by atoms with Crippen LogP contribution in [0.5, 0.6) is 0 Å². The number of amides is 4. The van der Waals surface area contributed by atoms with Crippen LogP contribution in [0.2, 0.25) is 0 Å². The number of likely N-dealkylation sites (N-methyl/N-ethyl adjacent to an activating group) is 1. The summed E-state index contributed by atoms with van der Waals surface area (Å²) in [6.07, 6.45) is 5.53. The van der Waals surface area contributed by atoms with Crippen LogP contribution in [-0.4, -0.2) is 103 Å². The van der Waals surface area contributed by atoms with E-state index in [-0.39, 0.29) is 48.7 Å². The highest BCUT2D eigenvalue weighted by Gasteiger charge is 2.42. The van der Waals surface area contributed by atoms with E-state index >= 15 is 0 Å². The van der Waals surface area contributed by atoms with Gasteiger partial charge in [0.15, 0.2) is 0 Å². The molecular weight excluding hydrogens is 693 g/mol. The summed E-state index contributed by atoms with van der Waals surface area (Å²) in [5.74, 6) is -1.51. The molecule has 2 heterocycles. The minimum atomic E-state index is -1.12. The van der Waals surface area contributed by atoms with Crippen LogP contribution in [0.4, 0.5) is 0 Å². The van der Waals surface area contributed by atoms with Crippen molar-refractivity contribution in [3.63, 3.8) is 0 Å². The molecule has 12 nitrogen and oxygen atoms in total. The first-order chi connectivity index (χ1) is 25.2. The first kappa shape index (κ1) is 45.8. The lowest BCUT2D eigenvalue weighted by Crippen LogP contribution is -2.56. The molecule has 1 aliphatic rings. The maximum absolute atomic E-state index is 14.1. The number of hydrogen-bond acceptors (Lipinski definition) is 9.